The molecular formula is C24H33N3O4S. The zero-order valence-corrected chi connectivity index (χ0v) is 20.0. The number of pyridine rings is 1. The van der Waals surface area contributed by atoms with E-state index in [1.807, 2.05) is 0 Å². The highest BCUT2D eigenvalue weighted by Crippen LogP contribution is 2.26. The molecule has 2 aromatic rings. The van der Waals surface area contributed by atoms with Crippen LogP contribution in [0.1, 0.15) is 62.7 Å². The van der Waals surface area contributed by atoms with E-state index in [1.165, 1.54) is 16.8 Å². The average molecular weight is 460 g/mol. The second kappa shape index (κ2) is 8.98. The Balaban J connectivity index is 1.69. The van der Waals surface area contributed by atoms with Crippen molar-refractivity contribution in [3.63, 3.8) is 0 Å². The van der Waals surface area contributed by atoms with Gasteiger partial charge in [-0.2, -0.15) is 4.31 Å². The predicted octanol–water partition coefficient (Wildman–Crippen LogP) is 3.27. The number of carbonyl (C=O) groups excluding carboxylic acids is 1. The molecule has 1 amide bonds. The number of hydrogen-bond acceptors (Lipinski definition) is 4. The van der Waals surface area contributed by atoms with E-state index in [9.17, 15) is 18.0 Å². The number of hydrogen-bond donors (Lipinski definition) is 1. The molecule has 2 aliphatic rings. The maximum Gasteiger partial charge on any atom is 0.256 e. The highest BCUT2D eigenvalue weighted by atomic mass is 32.2. The molecule has 4 rings (SSSR count). The van der Waals surface area contributed by atoms with Crippen LogP contribution in [0.5, 0.6) is 0 Å². The standard InChI is InChI=1S/C24H33N3O4S/c1-16-10-12-27(13-11-16)32(30,31)18-8-9-22-19(14-18)23(28)20(15-26(22)3)24(29)25-21-7-5-4-6-17(21)2/h8-9,14-17,21H,4-7,10-13H2,1-3H3,(H,25,29). The van der Waals surface area contributed by atoms with Gasteiger partial charge in [-0.05, 0) is 55.7 Å². The molecule has 2 heterocycles. The summed E-state index contributed by atoms with van der Waals surface area (Å²) in [6, 6.07) is 4.70. The van der Waals surface area contributed by atoms with Gasteiger partial charge in [-0.3, -0.25) is 9.59 Å². The number of benzene rings is 1. The van der Waals surface area contributed by atoms with Crippen molar-refractivity contribution in [1.29, 1.82) is 0 Å². The third-order valence-electron chi connectivity index (χ3n) is 7.21. The average Bonchev–Trinajstić information content (AvgIpc) is 2.77. The van der Waals surface area contributed by atoms with Crippen molar-refractivity contribution in [3.8, 4) is 0 Å². The van der Waals surface area contributed by atoms with Crippen molar-refractivity contribution in [1.82, 2.24) is 14.2 Å². The molecule has 174 valence electrons. The van der Waals surface area contributed by atoms with Crippen LogP contribution in [-0.4, -0.2) is 42.3 Å². The SMILES string of the molecule is CC1CCN(S(=O)(=O)c2ccc3c(c2)c(=O)c(C(=O)NC2CCCCC2C)cn3C)CC1. The molecule has 32 heavy (non-hydrogen) atoms. The Morgan fingerprint density at radius 3 is 2.44 bits per heavy atom. The van der Waals surface area contributed by atoms with Crippen LogP contribution in [0.15, 0.2) is 34.1 Å². The monoisotopic (exact) mass is 459 g/mol. The van der Waals surface area contributed by atoms with Crippen LogP contribution in [0.2, 0.25) is 0 Å². The summed E-state index contributed by atoms with van der Waals surface area (Å²) in [7, 11) is -1.92. The molecule has 0 bridgehead atoms. The maximum absolute atomic E-state index is 13.3. The Labute approximate surface area is 189 Å². The summed E-state index contributed by atoms with van der Waals surface area (Å²) in [5, 5.41) is 3.29. The van der Waals surface area contributed by atoms with Gasteiger partial charge < -0.3 is 9.88 Å². The van der Waals surface area contributed by atoms with E-state index in [-0.39, 0.29) is 27.8 Å². The summed E-state index contributed by atoms with van der Waals surface area (Å²) >= 11 is 0. The fourth-order valence-electron chi connectivity index (χ4n) is 4.94. The van der Waals surface area contributed by atoms with Gasteiger partial charge in [0, 0.05) is 37.8 Å². The lowest BCUT2D eigenvalue weighted by atomic mass is 9.86. The molecule has 1 aromatic heterocycles. The second-order valence-electron chi connectivity index (χ2n) is 9.59. The van der Waals surface area contributed by atoms with Gasteiger partial charge in [0.25, 0.3) is 5.91 Å². The van der Waals surface area contributed by atoms with E-state index in [4.69, 9.17) is 0 Å². The summed E-state index contributed by atoms with van der Waals surface area (Å²) in [5.41, 5.74) is 0.228. The number of aryl methyl sites for hydroxylation is 1. The number of carbonyl (C=O) groups is 1. The van der Waals surface area contributed by atoms with Crippen molar-refractivity contribution in [2.45, 2.75) is 63.3 Å². The first-order chi connectivity index (χ1) is 15.2. The fraction of sp³-hybridized carbons (Fsp3) is 0.583. The van der Waals surface area contributed by atoms with Crippen LogP contribution in [0.3, 0.4) is 0 Å². The molecule has 2 fully saturated rings. The lowest BCUT2D eigenvalue weighted by Gasteiger charge is -2.29. The molecule has 1 saturated carbocycles. The van der Waals surface area contributed by atoms with E-state index in [0.29, 0.717) is 30.4 Å². The van der Waals surface area contributed by atoms with Gasteiger partial charge in [0.05, 0.1) is 10.4 Å². The van der Waals surface area contributed by atoms with Crippen LogP contribution in [0.25, 0.3) is 10.9 Å². The minimum atomic E-state index is -3.68. The summed E-state index contributed by atoms with van der Waals surface area (Å²) in [4.78, 5) is 26.4. The highest BCUT2D eigenvalue weighted by Gasteiger charge is 2.29. The van der Waals surface area contributed by atoms with Crippen LogP contribution in [0.4, 0.5) is 0 Å². The van der Waals surface area contributed by atoms with Crippen LogP contribution in [-0.2, 0) is 17.1 Å². The van der Waals surface area contributed by atoms with E-state index in [2.05, 4.69) is 19.2 Å². The molecule has 1 aliphatic carbocycles. The molecule has 0 spiro atoms. The molecule has 1 aliphatic heterocycles. The number of amides is 1. The first-order valence-corrected chi connectivity index (χ1v) is 13.1. The normalized spacial score (nSPS) is 23.3. The van der Waals surface area contributed by atoms with E-state index in [1.54, 1.807) is 29.9 Å². The number of aromatic nitrogens is 1. The number of rotatable bonds is 4. The third-order valence-corrected chi connectivity index (χ3v) is 9.11. The van der Waals surface area contributed by atoms with E-state index in [0.717, 1.165) is 32.1 Å². The van der Waals surface area contributed by atoms with Gasteiger partial charge in [0.15, 0.2) is 0 Å². The fourth-order valence-corrected chi connectivity index (χ4v) is 6.44. The number of sulfonamides is 1. The number of piperidine rings is 1. The first-order valence-electron chi connectivity index (χ1n) is 11.6. The molecule has 1 saturated heterocycles. The Bertz CT molecular complexity index is 1180. The van der Waals surface area contributed by atoms with E-state index < -0.39 is 15.5 Å². The van der Waals surface area contributed by atoms with Crippen molar-refractivity contribution in [3.05, 3.63) is 40.2 Å². The summed E-state index contributed by atoms with van der Waals surface area (Å²) in [6.45, 7) is 5.23. The topological polar surface area (TPSA) is 88.5 Å². The van der Waals surface area contributed by atoms with Gasteiger partial charge in [-0.1, -0.05) is 26.7 Å². The summed E-state index contributed by atoms with van der Waals surface area (Å²) in [6.07, 6.45) is 7.43. The van der Waals surface area contributed by atoms with Crippen LogP contribution < -0.4 is 10.7 Å². The Morgan fingerprint density at radius 2 is 1.75 bits per heavy atom. The second-order valence-corrected chi connectivity index (χ2v) is 11.5. The quantitative estimate of drug-likeness (QED) is 0.760. The molecule has 1 aromatic carbocycles. The van der Waals surface area contributed by atoms with Crippen molar-refractivity contribution in [2.75, 3.05) is 13.1 Å². The minimum absolute atomic E-state index is 0.0547. The van der Waals surface area contributed by atoms with Crippen molar-refractivity contribution in [2.24, 2.45) is 18.9 Å². The molecule has 8 heteroatoms. The smallest absolute Gasteiger partial charge is 0.256 e. The maximum atomic E-state index is 13.3. The molecule has 2 atom stereocenters. The van der Waals surface area contributed by atoms with Crippen molar-refractivity contribution < 1.29 is 13.2 Å². The van der Waals surface area contributed by atoms with Gasteiger partial charge in [-0.25, -0.2) is 8.42 Å². The van der Waals surface area contributed by atoms with Crippen LogP contribution >= 0.6 is 0 Å². The molecular weight excluding hydrogens is 426 g/mol. The number of fused-ring (bicyclic) bond motifs is 1. The predicted molar refractivity (Wildman–Crippen MR) is 125 cm³/mol. The zero-order valence-electron chi connectivity index (χ0n) is 19.1. The van der Waals surface area contributed by atoms with Gasteiger partial charge >= 0.3 is 0 Å². The lowest BCUT2D eigenvalue weighted by molar-refractivity contribution is 0.0908. The van der Waals surface area contributed by atoms with Gasteiger partial charge in [0.1, 0.15) is 5.56 Å². The van der Waals surface area contributed by atoms with Crippen molar-refractivity contribution >= 4 is 26.8 Å². The van der Waals surface area contributed by atoms with Gasteiger partial charge in [-0.15, -0.1) is 0 Å². The summed E-state index contributed by atoms with van der Waals surface area (Å²) in [5.74, 6) is 0.504. The highest BCUT2D eigenvalue weighted by molar-refractivity contribution is 7.89. The lowest BCUT2D eigenvalue weighted by Crippen LogP contribution is -2.42. The largest absolute Gasteiger partial charge is 0.350 e. The Morgan fingerprint density at radius 1 is 1.06 bits per heavy atom. The summed E-state index contributed by atoms with van der Waals surface area (Å²) < 4.78 is 29.6. The molecule has 0 radical (unpaired) electrons. The minimum Gasteiger partial charge on any atom is -0.350 e. The molecule has 7 nitrogen and oxygen atoms in total. The third kappa shape index (κ3) is 4.35. The Kier molecular flexibility index (Phi) is 6.45. The molecule has 1 N–H and O–H groups in total. The van der Waals surface area contributed by atoms with Crippen LogP contribution in [0, 0.1) is 11.8 Å². The van der Waals surface area contributed by atoms with Gasteiger partial charge in [0.2, 0.25) is 15.5 Å². The number of nitrogens with zero attached hydrogens (tertiary/aromatic N) is 2. The Hall–Kier alpha value is -2.19. The first kappa shape index (κ1) is 23.0. The zero-order chi connectivity index (χ0) is 23.0. The van der Waals surface area contributed by atoms with E-state index >= 15 is 0 Å². The number of nitrogens with one attached hydrogen (secondary N) is 1. The molecule has 2 unspecified atom stereocenters.